The highest BCUT2D eigenvalue weighted by molar-refractivity contribution is 6.01. The fraction of sp³-hybridized carbons (Fsp3) is 0.571. The molecule has 1 heterocycles. The summed E-state index contributed by atoms with van der Waals surface area (Å²) in [6.07, 6.45) is -5.43. The zero-order chi connectivity index (χ0) is 11.0. The number of Topliss-reactive ketones (excluding diaryl/α,β-unsaturated/α-hetero) is 1. The molecule has 0 fully saturated rings. The summed E-state index contributed by atoms with van der Waals surface area (Å²) < 4.78 is 64.3. The van der Waals surface area contributed by atoms with E-state index in [1.165, 1.54) is 0 Å². The second-order valence-electron chi connectivity index (χ2n) is 2.67. The van der Waals surface area contributed by atoms with Crippen molar-refractivity contribution in [3.63, 3.8) is 0 Å². The minimum absolute atomic E-state index is 0.0466. The van der Waals surface area contributed by atoms with Gasteiger partial charge in [0.05, 0.1) is 12.9 Å². The predicted molar refractivity (Wildman–Crippen MR) is 34.7 cm³/mol. The molecule has 2 nitrogen and oxygen atoms in total. The lowest BCUT2D eigenvalue weighted by molar-refractivity contribution is -0.266. The number of halogens is 5. The van der Waals surface area contributed by atoms with Gasteiger partial charge in [0.15, 0.2) is 0 Å². The van der Waals surface area contributed by atoms with E-state index in [4.69, 9.17) is 0 Å². The molecule has 0 saturated carbocycles. The molecule has 0 aromatic rings. The summed E-state index contributed by atoms with van der Waals surface area (Å²) in [7, 11) is 0. The maximum absolute atomic E-state index is 12.4. The Morgan fingerprint density at radius 2 is 1.86 bits per heavy atom. The van der Waals surface area contributed by atoms with Crippen LogP contribution < -0.4 is 0 Å². The van der Waals surface area contributed by atoms with E-state index in [-0.39, 0.29) is 13.0 Å². The van der Waals surface area contributed by atoms with Crippen molar-refractivity contribution in [1.29, 1.82) is 0 Å². The molecule has 0 bridgehead atoms. The van der Waals surface area contributed by atoms with Crippen LogP contribution >= 0.6 is 0 Å². The molecule has 80 valence electrons. The van der Waals surface area contributed by atoms with E-state index in [2.05, 4.69) is 4.74 Å². The molecule has 0 aliphatic carbocycles. The molecule has 0 spiro atoms. The number of hydrogen-bond acceptors (Lipinski definition) is 2. The van der Waals surface area contributed by atoms with E-state index in [1.54, 1.807) is 0 Å². The zero-order valence-electron chi connectivity index (χ0n) is 6.70. The molecule has 0 aromatic carbocycles. The monoisotopic (exact) mass is 216 g/mol. The predicted octanol–water partition coefficient (Wildman–Crippen LogP) is 2.06. The van der Waals surface area contributed by atoms with Crippen LogP contribution in [0.3, 0.4) is 0 Å². The van der Waals surface area contributed by atoms with Crippen molar-refractivity contribution in [3.05, 3.63) is 11.8 Å². The number of carbonyl (C=O) groups is 1. The number of hydrogen-bond donors (Lipinski definition) is 0. The van der Waals surface area contributed by atoms with Gasteiger partial charge < -0.3 is 4.74 Å². The van der Waals surface area contributed by atoms with E-state index in [0.717, 1.165) is 0 Å². The first-order chi connectivity index (χ1) is 6.27. The molecule has 14 heavy (non-hydrogen) atoms. The lowest BCUT2D eigenvalue weighted by Crippen LogP contribution is -2.44. The second-order valence-corrected chi connectivity index (χ2v) is 2.67. The van der Waals surface area contributed by atoms with Crippen molar-refractivity contribution in [3.8, 4) is 0 Å². The normalized spacial score (nSPS) is 17.6. The van der Waals surface area contributed by atoms with Gasteiger partial charge >= 0.3 is 12.1 Å². The number of alkyl halides is 5. The third-order valence-corrected chi connectivity index (χ3v) is 1.65. The Labute approximate surface area is 75.3 Å². The number of ether oxygens (including phenoxy) is 1. The maximum Gasteiger partial charge on any atom is 0.461 e. The maximum atomic E-state index is 12.4. The minimum atomic E-state index is -5.85. The van der Waals surface area contributed by atoms with Crippen LogP contribution in [-0.4, -0.2) is 24.5 Å². The highest BCUT2D eigenvalue weighted by atomic mass is 19.4. The molecule has 1 aliphatic heterocycles. The van der Waals surface area contributed by atoms with Crippen LogP contribution in [0, 0.1) is 0 Å². The van der Waals surface area contributed by atoms with Crippen LogP contribution in [0.15, 0.2) is 11.8 Å². The van der Waals surface area contributed by atoms with E-state index in [9.17, 15) is 26.7 Å². The van der Waals surface area contributed by atoms with Crippen LogP contribution in [0.1, 0.15) is 6.42 Å². The number of rotatable bonds is 2. The van der Waals surface area contributed by atoms with Crippen molar-refractivity contribution in [2.75, 3.05) is 6.61 Å². The quantitative estimate of drug-likeness (QED) is 0.660. The Morgan fingerprint density at radius 3 is 2.21 bits per heavy atom. The molecule has 1 rings (SSSR count). The highest BCUT2D eigenvalue weighted by Gasteiger charge is 2.63. The van der Waals surface area contributed by atoms with Crippen LogP contribution in [-0.2, 0) is 9.53 Å². The van der Waals surface area contributed by atoms with E-state index in [1.807, 2.05) is 0 Å². The summed E-state index contributed by atoms with van der Waals surface area (Å²) in [6.45, 7) is -0.0466. The van der Waals surface area contributed by atoms with Crippen LogP contribution in [0.4, 0.5) is 22.0 Å². The smallest absolute Gasteiger partial charge is 0.461 e. The van der Waals surface area contributed by atoms with Crippen LogP contribution in [0.5, 0.6) is 0 Å². The Kier molecular flexibility index (Phi) is 2.51. The van der Waals surface area contributed by atoms with Crippen molar-refractivity contribution < 1.29 is 31.5 Å². The van der Waals surface area contributed by atoms with Gasteiger partial charge in [-0.05, 0) is 0 Å². The third kappa shape index (κ3) is 1.71. The first-order valence-electron chi connectivity index (χ1n) is 3.57. The molecule has 0 aromatic heterocycles. The summed E-state index contributed by atoms with van der Waals surface area (Å²) in [5.41, 5.74) is -0.632. The average molecular weight is 216 g/mol. The lowest BCUT2D eigenvalue weighted by Gasteiger charge is -2.17. The van der Waals surface area contributed by atoms with Gasteiger partial charge in [-0.1, -0.05) is 0 Å². The zero-order valence-corrected chi connectivity index (χ0v) is 6.70. The van der Waals surface area contributed by atoms with Crippen LogP contribution in [0.2, 0.25) is 0 Å². The standard InChI is InChI=1S/C7H5F5O2/c8-6(9,7(10,11)12)5(13)4-1-2-14-3-4/h3H,1-2H2. The highest BCUT2D eigenvalue weighted by Crippen LogP contribution is 2.38. The summed E-state index contributed by atoms with van der Waals surface area (Å²) >= 11 is 0. The number of carbonyl (C=O) groups excluding carboxylic acids is 1. The van der Waals surface area contributed by atoms with Gasteiger partial charge in [0.1, 0.15) is 0 Å². The van der Waals surface area contributed by atoms with Gasteiger partial charge in [-0.15, -0.1) is 0 Å². The molecule has 0 amide bonds. The molecule has 1 aliphatic rings. The second kappa shape index (κ2) is 3.21. The molecule has 0 saturated heterocycles. The Balaban J connectivity index is 2.88. The van der Waals surface area contributed by atoms with Gasteiger partial charge in [0.25, 0.3) is 0 Å². The third-order valence-electron chi connectivity index (χ3n) is 1.65. The topological polar surface area (TPSA) is 26.3 Å². The van der Waals surface area contributed by atoms with Crippen molar-refractivity contribution >= 4 is 5.78 Å². The lowest BCUT2D eigenvalue weighted by atomic mass is 10.1. The van der Waals surface area contributed by atoms with E-state index < -0.39 is 23.5 Å². The van der Waals surface area contributed by atoms with Gasteiger partial charge in [-0.3, -0.25) is 4.79 Å². The Bertz CT molecular complexity index is 278. The van der Waals surface area contributed by atoms with Gasteiger partial charge in [0, 0.05) is 12.0 Å². The van der Waals surface area contributed by atoms with E-state index in [0.29, 0.717) is 6.26 Å². The fourth-order valence-corrected chi connectivity index (χ4v) is 0.885. The summed E-state index contributed by atoms with van der Waals surface area (Å²) in [5.74, 6) is -7.56. The summed E-state index contributed by atoms with van der Waals surface area (Å²) in [6, 6.07) is 0. The van der Waals surface area contributed by atoms with E-state index >= 15 is 0 Å². The molecule has 7 heteroatoms. The fourth-order valence-electron chi connectivity index (χ4n) is 0.885. The minimum Gasteiger partial charge on any atom is -0.500 e. The van der Waals surface area contributed by atoms with Crippen molar-refractivity contribution in [1.82, 2.24) is 0 Å². The summed E-state index contributed by atoms with van der Waals surface area (Å²) in [5, 5.41) is 0. The molecular formula is C7H5F5O2. The van der Waals surface area contributed by atoms with Crippen LogP contribution in [0.25, 0.3) is 0 Å². The van der Waals surface area contributed by atoms with Crippen molar-refractivity contribution in [2.45, 2.75) is 18.5 Å². The van der Waals surface area contributed by atoms with Gasteiger partial charge in [0.2, 0.25) is 5.78 Å². The molecule has 0 unspecified atom stereocenters. The van der Waals surface area contributed by atoms with Gasteiger partial charge in [-0.2, -0.15) is 22.0 Å². The Morgan fingerprint density at radius 1 is 1.29 bits per heavy atom. The van der Waals surface area contributed by atoms with Gasteiger partial charge in [-0.25, -0.2) is 0 Å². The number of ketones is 1. The first-order valence-corrected chi connectivity index (χ1v) is 3.57. The molecule has 0 radical (unpaired) electrons. The molecule has 0 N–H and O–H groups in total. The SMILES string of the molecule is O=C(C1=COCC1)C(F)(F)C(F)(F)F. The summed E-state index contributed by atoms with van der Waals surface area (Å²) in [4.78, 5) is 10.7. The first kappa shape index (κ1) is 10.9. The molecule has 0 atom stereocenters. The molecular weight excluding hydrogens is 211 g/mol. The van der Waals surface area contributed by atoms with Crippen molar-refractivity contribution in [2.24, 2.45) is 0 Å². The average Bonchev–Trinajstić information content (AvgIpc) is 2.52. The largest absolute Gasteiger partial charge is 0.500 e. The Hall–Kier alpha value is -1.14.